The number of aliphatic imine (C=N–C) groups is 1. The van der Waals surface area contributed by atoms with Gasteiger partial charge in [0.25, 0.3) is 0 Å². The first-order valence-electron chi connectivity index (χ1n) is 9.84. The van der Waals surface area contributed by atoms with Gasteiger partial charge in [-0.2, -0.15) is 0 Å². The minimum atomic E-state index is -0.189. The number of fused-ring (bicyclic) bond motifs is 2. The van der Waals surface area contributed by atoms with Gasteiger partial charge in [-0.3, -0.25) is 9.79 Å². The van der Waals surface area contributed by atoms with Crippen LogP contribution in [0.15, 0.2) is 40.1 Å². The highest BCUT2D eigenvalue weighted by atomic mass is 16.5. The summed E-state index contributed by atoms with van der Waals surface area (Å²) in [5.74, 6) is 1.70. The fourth-order valence-corrected chi connectivity index (χ4v) is 4.91. The number of methoxy groups -OCH3 is 1. The zero-order valence-electron chi connectivity index (χ0n) is 15.7. The molecule has 0 aromatic heterocycles. The molecular formula is C21H28N2O3. The van der Waals surface area contributed by atoms with E-state index in [9.17, 15) is 4.79 Å². The van der Waals surface area contributed by atoms with Crippen molar-refractivity contribution in [2.75, 3.05) is 20.3 Å². The van der Waals surface area contributed by atoms with E-state index in [4.69, 9.17) is 14.5 Å². The predicted octanol–water partition coefficient (Wildman–Crippen LogP) is 3.14. The Hall–Kier alpha value is -1.88. The summed E-state index contributed by atoms with van der Waals surface area (Å²) in [5, 5.41) is 3.53. The van der Waals surface area contributed by atoms with E-state index in [0.29, 0.717) is 25.0 Å². The van der Waals surface area contributed by atoms with Crippen LogP contribution in [-0.2, 0) is 14.3 Å². The van der Waals surface area contributed by atoms with Crippen LogP contribution >= 0.6 is 0 Å². The van der Waals surface area contributed by atoms with Crippen molar-refractivity contribution >= 4 is 11.8 Å². The molecule has 0 amide bonds. The van der Waals surface area contributed by atoms with Gasteiger partial charge in [0.15, 0.2) is 0 Å². The van der Waals surface area contributed by atoms with Gasteiger partial charge in [0.05, 0.1) is 25.2 Å². The first-order valence-corrected chi connectivity index (χ1v) is 9.84. The molecule has 140 valence electrons. The van der Waals surface area contributed by atoms with Crippen molar-refractivity contribution in [1.29, 1.82) is 0 Å². The van der Waals surface area contributed by atoms with Gasteiger partial charge in [-0.25, -0.2) is 0 Å². The second-order valence-corrected chi connectivity index (χ2v) is 7.57. The van der Waals surface area contributed by atoms with Crippen LogP contribution in [0.5, 0.6) is 0 Å². The van der Waals surface area contributed by atoms with Gasteiger partial charge in [-0.15, -0.1) is 0 Å². The van der Waals surface area contributed by atoms with Crippen LogP contribution in [0.4, 0.5) is 0 Å². The first-order chi connectivity index (χ1) is 12.7. The molecule has 0 radical (unpaired) electrons. The quantitative estimate of drug-likeness (QED) is 0.786. The molecule has 26 heavy (non-hydrogen) atoms. The summed E-state index contributed by atoms with van der Waals surface area (Å²) >= 11 is 0. The van der Waals surface area contributed by atoms with Gasteiger partial charge < -0.3 is 14.8 Å². The summed E-state index contributed by atoms with van der Waals surface area (Å²) in [6.07, 6.45) is 12.1. The average Bonchev–Trinajstić information content (AvgIpc) is 2.69. The van der Waals surface area contributed by atoms with Crippen LogP contribution in [0.3, 0.4) is 0 Å². The molecule has 1 N–H and O–H groups in total. The molecule has 2 atom stereocenters. The molecule has 1 heterocycles. The molecule has 1 aliphatic heterocycles. The maximum Gasteiger partial charge on any atom is 0.314 e. The van der Waals surface area contributed by atoms with Crippen LogP contribution < -0.4 is 5.32 Å². The van der Waals surface area contributed by atoms with Gasteiger partial charge in [0, 0.05) is 12.8 Å². The Morgan fingerprint density at radius 2 is 2.04 bits per heavy atom. The summed E-state index contributed by atoms with van der Waals surface area (Å²) in [7, 11) is 1.74. The van der Waals surface area contributed by atoms with Crippen LogP contribution in [0.2, 0.25) is 0 Å². The van der Waals surface area contributed by atoms with E-state index in [1.54, 1.807) is 7.11 Å². The highest BCUT2D eigenvalue weighted by Gasteiger charge is 2.44. The van der Waals surface area contributed by atoms with Crippen molar-refractivity contribution in [3.8, 4) is 0 Å². The van der Waals surface area contributed by atoms with Crippen molar-refractivity contribution < 1.29 is 14.3 Å². The molecule has 4 aliphatic carbocycles. The smallest absolute Gasteiger partial charge is 0.314 e. The van der Waals surface area contributed by atoms with Crippen molar-refractivity contribution in [2.24, 2.45) is 22.7 Å². The average molecular weight is 356 g/mol. The Labute approximate surface area is 155 Å². The number of nitrogens with zero attached hydrogens (tertiary/aromatic N) is 1. The van der Waals surface area contributed by atoms with Crippen LogP contribution in [0, 0.1) is 17.8 Å². The van der Waals surface area contributed by atoms with Gasteiger partial charge in [0.1, 0.15) is 5.84 Å². The molecule has 0 aromatic carbocycles. The van der Waals surface area contributed by atoms with Crippen molar-refractivity contribution in [2.45, 2.75) is 45.1 Å². The van der Waals surface area contributed by atoms with Crippen LogP contribution in [0.1, 0.15) is 39.0 Å². The van der Waals surface area contributed by atoms with Gasteiger partial charge in [-0.05, 0) is 74.2 Å². The van der Waals surface area contributed by atoms with E-state index < -0.39 is 0 Å². The molecule has 0 spiro atoms. The molecular weight excluding hydrogens is 328 g/mol. The number of carbonyl (C=O) groups is 1. The standard InChI is InChI=1S/C21H28N2O3/c1-3-26-21(24)17-12-22-20(23-15-5-4-6-16(11-15)25-2)19-14-9-7-13(8-10-14)18(17)19/h4-5,11,13-14,16-17H,3,6-10,12H2,1-2H3,(H,22,23). The topological polar surface area (TPSA) is 59.9 Å². The summed E-state index contributed by atoms with van der Waals surface area (Å²) in [5.41, 5.74) is 3.64. The highest BCUT2D eigenvalue weighted by Crippen LogP contribution is 2.49. The molecule has 1 saturated carbocycles. The third-order valence-corrected chi connectivity index (χ3v) is 6.12. The Balaban J connectivity index is 1.64. The van der Waals surface area contributed by atoms with E-state index in [-0.39, 0.29) is 18.0 Å². The van der Waals surface area contributed by atoms with E-state index in [0.717, 1.165) is 18.0 Å². The number of amidine groups is 1. The predicted molar refractivity (Wildman–Crippen MR) is 101 cm³/mol. The largest absolute Gasteiger partial charge is 0.465 e. The number of allylic oxidation sites excluding steroid dienone is 1. The first kappa shape index (κ1) is 17.5. The zero-order valence-corrected chi connectivity index (χ0v) is 15.7. The summed E-state index contributed by atoms with van der Waals surface area (Å²) in [4.78, 5) is 17.3. The van der Waals surface area contributed by atoms with E-state index >= 15 is 0 Å². The normalized spacial score (nSPS) is 32.7. The fraction of sp³-hybridized carbons (Fsp3) is 0.619. The maximum absolute atomic E-state index is 12.5. The molecule has 2 bridgehead atoms. The molecule has 5 nitrogen and oxygen atoms in total. The summed E-state index contributed by atoms with van der Waals surface area (Å²) < 4.78 is 10.8. The summed E-state index contributed by atoms with van der Waals surface area (Å²) in [6.45, 7) is 2.79. The number of carbonyl (C=O) groups excluding carboxylic acids is 1. The minimum Gasteiger partial charge on any atom is -0.465 e. The lowest BCUT2D eigenvalue weighted by Gasteiger charge is -2.44. The van der Waals surface area contributed by atoms with Gasteiger partial charge in [-0.1, -0.05) is 6.08 Å². The van der Waals surface area contributed by atoms with Crippen LogP contribution in [0.25, 0.3) is 0 Å². The Kier molecular flexibility index (Phi) is 4.98. The van der Waals surface area contributed by atoms with E-state index in [2.05, 4.69) is 23.5 Å². The lowest BCUT2D eigenvalue weighted by atomic mass is 9.62. The number of nitrogens with one attached hydrogen (secondary N) is 1. The van der Waals surface area contributed by atoms with Crippen LogP contribution in [-0.4, -0.2) is 38.2 Å². The zero-order chi connectivity index (χ0) is 18.1. The molecule has 1 fully saturated rings. The number of hydrogen-bond acceptors (Lipinski definition) is 5. The second-order valence-electron chi connectivity index (χ2n) is 7.57. The van der Waals surface area contributed by atoms with Gasteiger partial charge >= 0.3 is 5.97 Å². The third kappa shape index (κ3) is 3.13. The Morgan fingerprint density at radius 3 is 2.77 bits per heavy atom. The number of ether oxygens (including phenoxy) is 2. The Bertz CT molecular complexity index is 696. The minimum absolute atomic E-state index is 0.105. The van der Waals surface area contributed by atoms with E-state index in [1.807, 2.05) is 6.92 Å². The number of rotatable bonds is 4. The Morgan fingerprint density at radius 1 is 1.27 bits per heavy atom. The number of esters is 1. The molecule has 5 aliphatic rings. The molecule has 2 unspecified atom stereocenters. The monoisotopic (exact) mass is 356 g/mol. The molecule has 0 saturated heterocycles. The third-order valence-electron chi connectivity index (χ3n) is 6.12. The molecule has 5 rings (SSSR count). The summed E-state index contributed by atoms with van der Waals surface area (Å²) in [6, 6.07) is 0. The number of hydrogen-bond donors (Lipinski definition) is 1. The van der Waals surface area contributed by atoms with E-state index in [1.165, 1.54) is 36.8 Å². The fourth-order valence-electron chi connectivity index (χ4n) is 4.91. The van der Waals surface area contributed by atoms with Crippen molar-refractivity contribution in [1.82, 2.24) is 5.32 Å². The lowest BCUT2D eigenvalue weighted by molar-refractivity contribution is -0.146. The maximum atomic E-state index is 12.5. The highest BCUT2D eigenvalue weighted by molar-refractivity contribution is 6.03. The SMILES string of the molecule is CCOC(=O)C1CN=C(NC2=CC(OC)CC=C2)C2=C1C1CCC2CC1. The molecule has 5 heteroatoms. The second kappa shape index (κ2) is 7.39. The van der Waals surface area contributed by atoms with Crippen molar-refractivity contribution in [3.63, 3.8) is 0 Å². The van der Waals surface area contributed by atoms with Gasteiger partial charge in [0.2, 0.25) is 0 Å². The van der Waals surface area contributed by atoms with Crippen molar-refractivity contribution in [3.05, 3.63) is 35.1 Å². The number of dihydropyridines is 1. The molecule has 0 aromatic rings. The lowest BCUT2D eigenvalue weighted by Crippen LogP contribution is -2.43.